The van der Waals surface area contributed by atoms with Crippen molar-refractivity contribution in [2.75, 3.05) is 7.11 Å². The number of halogens is 1. The minimum atomic E-state index is -0.425. The molecule has 1 aromatic heterocycles. The van der Waals surface area contributed by atoms with Gasteiger partial charge < -0.3 is 14.0 Å². The number of hydrogen-bond acceptors (Lipinski definition) is 4. The quantitative estimate of drug-likeness (QED) is 0.359. The van der Waals surface area contributed by atoms with Crippen LogP contribution in [0.1, 0.15) is 5.56 Å². The average molecular weight is 408 g/mol. The van der Waals surface area contributed by atoms with Gasteiger partial charge in [0.2, 0.25) is 0 Å². The molecule has 0 aliphatic rings. The molecule has 0 saturated carbocycles. The number of benzene rings is 3. The van der Waals surface area contributed by atoms with E-state index in [4.69, 9.17) is 21.1 Å². The summed E-state index contributed by atoms with van der Waals surface area (Å²) in [6.45, 7) is 0.0167. The molecular formula is C23H18ClNO4. The molecule has 5 nitrogen and oxygen atoms in total. The van der Waals surface area contributed by atoms with Gasteiger partial charge in [0.1, 0.15) is 18.9 Å². The summed E-state index contributed by atoms with van der Waals surface area (Å²) in [7, 11) is 1.55. The maximum Gasteiger partial charge on any atom is 0.326 e. The van der Waals surface area contributed by atoms with E-state index in [9.17, 15) is 9.59 Å². The third-order valence-corrected chi connectivity index (χ3v) is 5.03. The van der Waals surface area contributed by atoms with E-state index >= 15 is 0 Å². The van der Waals surface area contributed by atoms with Crippen LogP contribution in [0.2, 0.25) is 5.02 Å². The van der Waals surface area contributed by atoms with Gasteiger partial charge in [-0.25, -0.2) is 0 Å². The standard InChI is InChI=1S/C23H18ClNO4/c1-28-21-11-10-16(24)12-15(21)14-29-22(26)13-25-19-8-4-2-6-17(19)23(27)18-7-3-5-9-20(18)25/h2-12H,13-14H2,1H3. The Morgan fingerprint density at radius 1 is 0.966 bits per heavy atom. The second kappa shape index (κ2) is 7.97. The first-order valence-electron chi connectivity index (χ1n) is 9.07. The third kappa shape index (κ3) is 3.69. The Kier molecular flexibility index (Phi) is 5.23. The third-order valence-electron chi connectivity index (χ3n) is 4.80. The van der Waals surface area contributed by atoms with Crippen LogP contribution in [0, 0.1) is 0 Å². The van der Waals surface area contributed by atoms with Crippen molar-refractivity contribution in [3.8, 4) is 5.75 Å². The van der Waals surface area contributed by atoms with Crippen LogP contribution in [0.4, 0.5) is 0 Å². The number of carbonyl (C=O) groups is 1. The number of methoxy groups -OCH3 is 1. The van der Waals surface area contributed by atoms with E-state index in [0.29, 0.717) is 38.1 Å². The molecule has 0 radical (unpaired) electrons. The van der Waals surface area contributed by atoms with E-state index in [0.717, 1.165) is 0 Å². The Balaban J connectivity index is 1.67. The van der Waals surface area contributed by atoms with Gasteiger partial charge in [0.15, 0.2) is 5.43 Å². The molecule has 0 bridgehead atoms. The van der Waals surface area contributed by atoms with Crippen LogP contribution >= 0.6 is 11.6 Å². The van der Waals surface area contributed by atoms with Crippen molar-refractivity contribution in [3.05, 3.63) is 87.5 Å². The van der Waals surface area contributed by atoms with Crippen LogP contribution in [0.3, 0.4) is 0 Å². The highest BCUT2D eigenvalue weighted by Crippen LogP contribution is 2.24. The summed E-state index contributed by atoms with van der Waals surface area (Å²) >= 11 is 6.03. The molecule has 0 N–H and O–H groups in total. The minimum absolute atomic E-state index is 0.0236. The molecule has 29 heavy (non-hydrogen) atoms. The molecule has 3 aromatic carbocycles. The summed E-state index contributed by atoms with van der Waals surface area (Å²) in [5.41, 5.74) is 2.01. The molecule has 0 fully saturated rings. The Hall–Kier alpha value is -3.31. The Morgan fingerprint density at radius 2 is 1.59 bits per heavy atom. The Morgan fingerprint density at radius 3 is 2.21 bits per heavy atom. The van der Waals surface area contributed by atoms with Gasteiger partial charge in [-0.05, 0) is 42.5 Å². The van der Waals surface area contributed by atoms with Gasteiger partial charge in [0.05, 0.1) is 18.1 Å². The van der Waals surface area contributed by atoms with Crippen molar-refractivity contribution < 1.29 is 14.3 Å². The zero-order valence-corrected chi connectivity index (χ0v) is 16.5. The van der Waals surface area contributed by atoms with E-state index in [1.807, 2.05) is 41.0 Å². The molecule has 1 heterocycles. The summed E-state index contributed by atoms with van der Waals surface area (Å²) in [6, 6.07) is 19.7. The van der Waals surface area contributed by atoms with E-state index < -0.39 is 5.97 Å². The van der Waals surface area contributed by atoms with Crippen LogP contribution in [0.25, 0.3) is 21.8 Å². The topological polar surface area (TPSA) is 57.5 Å². The highest BCUT2D eigenvalue weighted by molar-refractivity contribution is 6.30. The zero-order valence-electron chi connectivity index (χ0n) is 15.7. The van der Waals surface area contributed by atoms with E-state index in [1.165, 1.54) is 0 Å². The van der Waals surface area contributed by atoms with E-state index in [-0.39, 0.29) is 18.6 Å². The van der Waals surface area contributed by atoms with E-state index in [1.54, 1.807) is 37.4 Å². The van der Waals surface area contributed by atoms with Crippen LogP contribution in [0.15, 0.2) is 71.5 Å². The van der Waals surface area contributed by atoms with Gasteiger partial charge in [0, 0.05) is 21.4 Å². The summed E-state index contributed by atoms with van der Waals surface area (Å²) in [5, 5.41) is 1.67. The first-order chi connectivity index (χ1) is 14.1. The highest BCUT2D eigenvalue weighted by atomic mass is 35.5. The zero-order chi connectivity index (χ0) is 20.4. The number of rotatable bonds is 5. The normalized spacial score (nSPS) is 11.0. The van der Waals surface area contributed by atoms with Crippen molar-refractivity contribution in [3.63, 3.8) is 0 Å². The SMILES string of the molecule is COc1ccc(Cl)cc1COC(=O)Cn1c2ccccc2c(=O)c2ccccc21. The first-order valence-corrected chi connectivity index (χ1v) is 9.44. The average Bonchev–Trinajstić information content (AvgIpc) is 2.75. The van der Waals surface area contributed by atoms with Gasteiger partial charge >= 0.3 is 5.97 Å². The van der Waals surface area contributed by atoms with Crippen LogP contribution < -0.4 is 10.2 Å². The lowest BCUT2D eigenvalue weighted by Gasteiger charge is -2.15. The van der Waals surface area contributed by atoms with Crippen LogP contribution in [0.5, 0.6) is 5.75 Å². The van der Waals surface area contributed by atoms with Crippen molar-refractivity contribution in [2.45, 2.75) is 13.2 Å². The number of pyridine rings is 1. The Bertz CT molecular complexity index is 1220. The molecule has 4 rings (SSSR count). The number of fused-ring (bicyclic) bond motifs is 2. The molecule has 0 amide bonds. The fourth-order valence-electron chi connectivity index (χ4n) is 3.44. The molecule has 6 heteroatoms. The van der Waals surface area contributed by atoms with E-state index in [2.05, 4.69) is 0 Å². The molecular weight excluding hydrogens is 390 g/mol. The van der Waals surface area contributed by atoms with Gasteiger partial charge in [-0.1, -0.05) is 35.9 Å². The second-order valence-electron chi connectivity index (χ2n) is 6.57. The molecule has 0 aliphatic heterocycles. The van der Waals surface area contributed by atoms with Gasteiger partial charge in [-0.15, -0.1) is 0 Å². The molecule has 0 atom stereocenters. The van der Waals surface area contributed by atoms with Crippen LogP contribution in [-0.2, 0) is 22.7 Å². The summed E-state index contributed by atoms with van der Waals surface area (Å²) in [6.07, 6.45) is 0. The van der Waals surface area contributed by atoms with Crippen molar-refractivity contribution >= 4 is 39.4 Å². The van der Waals surface area contributed by atoms with Crippen molar-refractivity contribution in [1.29, 1.82) is 0 Å². The fraction of sp³-hybridized carbons (Fsp3) is 0.130. The fourth-order valence-corrected chi connectivity index (χ4v) is 3.63. The number of hydrogen-bond donors (Lipinski definition) is 0. The molecule has 0 saturated heterocycles. The number of para-hydroxylation sites is 2. The number of aromatic nitrogens is 1. The number of esters is 1. The van der Waals surface area contributed by atoms with Gasteiger partial charge in [-0.3, -0.25) is 9.59 Å². The summed E-state index contributed by atoms with van der Waals surface area (Å²) in [5.74, 6) is 0.174. The smallest absolute Gasteiger partial charge is 0.326 e. The lowest BCUT2D eigenvalue weighted by Crippen LogP contribution is -2.18. The minimum Gasteiger partial charge on any atom is -0.496 e. The second-order valence-corrected chi connectivity index (χ2v) is 7.00. The lowest BCUT2D eigenvalue weighted by molar-refractivity contribution is -0.145. The van der Waals surface area contributed by atoms with Crippen LogP contribution in [-0.4, -0.2) is 17.6 Å². The molecule has 4 aromatic rings. The maximum absolute atomic E-state index is 12.8. The largest absolute Gasteiger partial charge is 0.496 e. The molecule has 146 valence electrons. The number of ether oxygens (including phenoxy) is 2. The summed E-state index contributed by atoms with van der Waals surface area (Å²) in [4.78, 5) is 25.4. The van der Waals surface area contributed by atoms with Crippen molar-refractivity contribution in [1.82, 2.24) is 4.57 Å². The predicted molar refractivity (Wildman–Crippen MR) is 114 cm³/mol. The Labute approximate surface area is 172 Å². The monoisotopic (exact) mass is 407 g/mol. The summed E-state index contributed by atoms with van der Waals surface area (Å²) < 4.78 is 12.6. The predicted octanol–water partition coefficient (Wildman–Crippen LogP) is 4.56. The van der Waals surface area contributed by atoms with Gasteiger partial charge in [0.25, 0.3) is 0 Å². The molecule has 0 unspecified atom stereocenters. The number of nitrogens with zero attached hydrogens (tertiary/aromatic N) is 1. The van der Waals surface area contributed by atoms with Crippen molar-refractivity contribution in [2.24, 2.45) is 0 Å². The number of carbonyl (C=O) groups excluding carboxylic acids is 1. The first kappa shape index (κ1) is 19.0. The highest BCUT2D eigenvalue weighted by Gasteiger charge is 2.14. The lowest BCUT2D eigenvalue weighted by atomic mass is 10.1. The van der Waals surface area contributed by atoms with Gasteiger partial charge in [-0.2, -0.15) is 0 Å². The maximum atomic E-state index is 12.8. The molecule has 0 spiro atoms. The molecule has 0 aliphatic carbocycles.